The Bertz CT molecular complexity index is 85.9. The largest absolute Gasteiger partial charge is 0.744 e. The number of hydrogen-bond acceptors (Lipinski definition) is 3. The lowest BCUT2D eigenvalue weighted by Gasteiger charge is -1.52. The molecular formula is H3NO4P2+2. The first kappa shape index (κ1) is 7.08. The Balaban J connectivity index is 3.32. The Hall–Kier alpha value is 0.0800. The predicted octanol–water partition coefficient (Wildman–Crippen LogP) is 0.269. The molecule has 0 saturated carbocycles. The molecule has 0 saturated heterocycles. The average Bonchev–Trinajstić information content (AvgIpc) is 1.27. The third kappa shape index (κ3) is 6.08. The zero-order valence-corrected chi connectivity index (χ0v) is 4.93. The van der Waals surface area contributed by atoms with Gasteiger partial charge < -0.3 is 0 Å². The van der Waals surface area contributed by atoms with Crippen LogP contribution in [0.25, 0.3) is 0 Å². The molecule has 0 aromatic carbocycles. The second kappa shape index (κ2) is 3.13. The summed E-state index contributed by atoms with van der Waals surface area (Å²) in [6, 6.07) is 0. The van der Waals surface area contributed by atoms with Gasteiger partial charge in [0.2, 0.25) is 0 Å². The molecule has 0 bridgehead atoms. The average molecular weight is 143 g/mol. The van der Waals surface area contributed by atoms with Gasteiger partial charge in [0, 0.05) is 4.57 Å². The van der Waals surface area contributed by atoms with Crippen molar-refractivity contribution in [3.05, 3.63) is 0 Å². The van der Waals surface area contributed by atoms with Crippen molar-refractivity contribution in [2.75, 3.05) is 0 Å². The van der Waals surface area contributed by atoms with Gasteiger partial charge in [-0.2, -0.15) is 0 Å². The normalized spacial score (nSPS) is 13.4. The monoisotopic (exact) mass is 143 g/mol. The Morgan fingerprint density at radius 1 is 1.57 bits per heavy atom. The summed E-state index contributed by atoms with van der Waals surface area (Å²) in [6.45, 7) is 0. The van der Waals surface area contributed by atoms with Crippen molar-refractivity contribution in [1.82, 2.24) is 0 Å². The summed E-state index contributed by atoms with van der Waals surface area (Å²) in [6.07, 6.45) is 0. The Morgan fingerprint density at radius 3 is 2.00 bits per heavy atom. The van der Waals surface area contributed by atoms with Crippen molar-refractivity contribution in [2.45, 2.75) is 0 Å². The molecule has 0 heterocycles. The molecule has 0 radical (unpaired) electrons. The number of nitrogens with two attached hydrogens (primary N) is 1. The maximum atomic E-state index is 9.61. The molecule has 0 fully saturated rings. The van der Waals surface area contributed by atoms with E-state index in [-0.39, 0.29) is 0 Å². The van der Waals surface area contributed by atoms with Crippen LogP contribution in [0, 0.1) is 0 Å². The Morgan fingerprint density at radius 2 is 2.00 bits per heavy atom. The second-order valence-corrected chi connectivity index (χ2v) is 2.30. The second-order valence-electron chi connectivity index (χ2n) is 0.605. The number of hydrogen-bond donors (Lipinski definition) is 2. The van der Waals surface area contributed by atoms with Gasteiger partial charge in [-0.05, 0) is 4.57 Å². The van der Waals surface area contributed by atoms with E-state index in [9.17, 15) is 9.13 Å². The molecule has 2 unspecified atom stereocenters. The van der Waals surface area contributed by atoms with Crippen LogP contribution >= 0.6 is 16.4 Å². The van der Waals surface area contributed by atoms with E-state index in [2.05, 4.69) is 9.81 Å². The lowest BCUT2D eigenvalue weighted by atomic mass is 13.9. The fourth-order valence-corrected chi connectivity index (χ4v) is 0.620. The predicted molar refractivity (Wildman–Crippen MR) is 22.7 cm³/mol. The van der Waals surface area contributed by atoms with Crippen LogP contribution in [0.4, 0.5) is 0 Å². The van der Waals surface area contributed by atoms with Crippen LogP contribution in [-0.2, 0) is 13.4 Å². The van der Waals surface area contributed by atoms with Crippen molar-refractivity contribution in [3.8, 4) is 0 Å². The van der Waals surface area contributed by atoms with Gasteiger partial charge in [0.25, 0.3) is 0 Å². The van der Waals surface area contributed by atoms with Crippen LogP contribution in [0.3, 0.4) is 0 Å². The van der Waals surface area contributed by atoms with E-state index in [4.69, 9.17) is 4.89 Å². The van der Waals surface area contributed by atoms with Crippen LogP contribution in [0.1, 0.15) is 0 Å². The van der Waals surface area contributed by atoms with Gasteiger partial charge in [0.1, 0.15) is 0 Å². The van der Waals surface area contributed by atoms with E-state index >= 15 is 0 Å². The fourth-order valence-electron chi connectivity index (χ4n) is 0.0688. The highest BCUT2D eigenvalue weighted by Crippen LogP contribution is 2.28. The summed E-state index contributed by atoms with van der Waals surface area (Å²) in [5.74, 6) is 0. The van der Waals surface area contributed by atoms with Gasteiger partial charge >= 0.3 is 16.4 Å². The highest BCUT2D eigenvalue weighted by atomic mass is 31.2. The van der Waals surface area contributed by atoms with Crippen molar-refractivity contribution < 1.29 is 18.3 Å². The third-order valence-corrected chi connectivity index (χ3v) is 1.35. The lowest BCUT2D eigenvalue weighted by molar-refractivity contribution is 0.412. The highest BCUT2D eigenvalue weighted by Gasteiger charge is 2.29. The Kier molecular flexibility index (Phi) is 3.17. The Labute approximate surface area is 41.3 Å². The maximum Gasteiger partial charge on any atom is 0.744 e. The SMILES string of the molecule is N[P+](=O)O[P+](=O)O. The molecule has 3 N–H and O–H groups in total. The summed E-state index contributed by atoms with van der Waals surface area (Å²) in [7, 11) is -5.22. The van der Waals surface area contributed by atoms with Crippen LogP contribution < -0.4 is 5.50 Å². The summed E-state index contributed by atoms with van der Waals surface area (Å²) >= 11 is 0. The molecule has 0 rings (SSSR count). The minimum absolute atomic E-state index is 2.42. The zero-order chi connectivity index (χ0) is 5.86. The van der Waals surface area contributed by atoms with E-state index < -0.39 is 16.4 Å². The van der Waals surface area contributed by atoms with Crippen LogP contribution in [-0.4, -0.2) is 4.89 Å². The van der Waals surface area contributed by atoms with Gasteiger partial charge in [-0.15, -0.1) is 4.89 Å². The fraction of sp³-hybridized carbons (Fsp3) is 0. The first-order chi connectivity index (χ1) is 3.13. The molecule has 0 amide bonds. The van der Waals surface area contributed by atoms with Crippen molar-refractivity contribution >= 4 is 16.4 Å². The van der Waals surface area contributed by atoms with Gasteiger partial charge in [0.05, 0.1) is 0 Å². The lowest BCUT2D eigenvalue weighted by Crippen LogP contribution is -1.75. The van der Waals surface area contributed by atoms with Crippen LogP contribution in [0.15, 0.2) is 0 Å². The summed E-state index contributed by atoms with van der Waals surface area (Å²) in [5, 5.41) is 0. The minimum Gasteiger partial charge on any atom is -0.131 e. The molecule has 0 spiro atoms. The molecule has 7 heteroatoms. The molecule has 5 nitrogen and oxygen atoms in total. The van der Waals surface area contributed by atoms with E-state index in [1.165, 1.54) is 0 Å². The smallest absolute Gasteiger partial charge is 0.131 e. The van der Waals surface area contributed by atoms with Crippen molar-refractivity contribution in [1.29, 1.82) is 0 Å². The van der Waals surface area contributed by atoms with Gasteiger partial charge in [-0.1, -0.05) is 5.50 Å². The van der Waals surface area contributed by atoms with Gasteiger partial charge in [0.15, 0.2) is 4.31 Å². The summed E-state index contributed by atoms with van der Waals surface area (Å²) in [5.41, 5.74) is 4.44. The first-order valence-electron chi connectivity index (χ1n) is 1.19. The van der Waals surface area contributed by atoms with E-state index in [0.29, 0.717) is 0 Å². The summed E-state index contributed by atoms with van der Waals surface area (Å²) < 4.78 is 22.7. The first-order valence-corrected chi connectivity index (χ1v) is 3.57. The van der Waals surface area contributed by atoms with Gasteiger partial charge in [-0.25, -0.2) is 0 Å². The molecule has 7 heavy (non-hydrogen) atoms. The van der Waals surface area contributed by atoms with E-state index in [1.54, 1.807) is 0 Å². The molecule has 0 aliphatic rings. The standard InChI is InChI=1S/H2NO4P2/c1-6(2)5-7(3)4/h(H2-,1,2,3,4)/q+1/p+1. The van der Waals surface area contributed by atoms with Gasteiger partial charge in [-0.3, -0.25) is 0 Å². The molecule has 2 atom stereocenters. The van der Waals surface area contributed by atoms with Crippen LogP contribution in [0.2, 0.25) is 0 Å². The highest BCUT2D eigenvalue weighted by molar-refractivity contribution is 7.48. The molecule has 0 aliphatic heterocycles. The molecule has 0 aromatic rings. The van der Waals surface area contributed by atoms with E-state index in [1.807, 2.05) is 0 Å². The molecule has 0 aliphatic carbocycles. The molecule has 40 valence electrons. The quantitative estimate of drug-likeness (QED) is 0.541. The maximum absolute atomic E-state index is 9.61. The number of rotatable bonds is 2. The van der Waals surface area contributed by atoms with Crippen LogP contribution in [0.5, 0.6) is 0 Å². The molecular weight excluding hydrogens is 140 g/mol. The topological polar surface area (TPSA) is 89.6 Å². The third-order valence-electron chi connectivity index (χ3n) is 0.150. The van der Waals surface area contributed by atoms with Crippen molar-refractivity contribution in [3.63, 3.8) is 0 Å². The summed E-state index contributed by atoms with van der Waals surface area (Å²) in [4.78, 5) is 7.75. The minimum atomic E-state index is -2.80. The zero-order valence-electron chi connectivity index (χ0n) is 3.14. The van der Waals surface area contributed by atoms with Crippen molar-refractivity contribution in [2.24, 2.45) is 5.50 Å². The molecule has 0 aromatic heterocycles. The van der Waals surface area contributed by atoms with E-state index in [0.717, 1.165) is 0 Å².